The molecule has 0 aliphatic carbocycles. The van der Waals surface area contributed by atoms with Crippen molar-refractivity contribution in [3.05, 3.63) is 36.5 Å². The van der Waals surface area contributed by atoms with Gasteiger partial charge in [0.25, 0.3) is 0 Å². The van der Waals surface area contributed by atoms with E-state index in [0.29, 0.717) is 26.2 Å². The SMILES string of the molecule is CCN(CC)C(=O)[C@@H]1CCCN(C(=O)Nc2cccc(-c3ccn[nH]3)c2)C1. The minimum Gasteiger partial charge on any atom is -0.343 e. The molecule has 0 unspecified atom stereocenters. The predicted octanol–water partition coefficient (Wildman–Crippen LogP) is 3.19. The summed E-state index contributed by atoms with van der Waals surface area (Å²) in [7, 11) is 0. The van der Waals surface area contributed by atoms with E-state index in [2.05, 4.69) is 15.5 Å². The van der Waals surface area contributed by atoms with Gasteiger partial charge in [-0.05, 0) is 44.9 Å². The second-order valence-electron chi connectivity index (χ2n) is 6.78. The van der Waals surface area contributed by atoms with Crippen LogP contribution in [0.3, 0.4) is 0 Å². The van der Waals surface area contributed by atoms with Crippen LogP contribution in [0, 0.1) is 5.92 Å². The average Bonchev–Trinajstić information content (AvgIpc) is 3.24. The van der Waals surface area contributed by atoms with E-state index >= 15 is 0 Å². The van der Waals surface area contributed by atoms with Crippen molar-refractivity contribution >= 4 is 17.6 Å². The molecule has 0 bridgehead atoms. The summed E-state index contributed by atoms with van der Waals surface area (Å²) < 4.78 is 0. The third kappa shape index (κ3) is 4.48. The number of likely N-dealkylation sites (tertiary alicyclic amines) is 1. The zero-order valence-corrected chi connectivity index (χ0v) is 15.9. The Morgan fingerprint density at radius 1 is 1.30 bits per heavy atom. The summed E-state index contributed by atoms with van der Waals surface area (Å²) in [6, 6.07) is 9.36. The third-order valence-electron chi connectivity index (χ3n) is 5.06. The van der Waals surface area contributed by atoms with E-state index in [1.165, 1.54) is 0 Å². The molecule has 0 spiro atoms. The predicted molar refractivity (Wildman–Crippen MR) is 105 cm³/mol. The first kappa shape index (κ1) is 18.9. The van der Waals surface area contributed by atoms with Crippen LogP contribution in [0.1, 0.15) is 26.7 Å². The van der Waals surface area contributed by atoms with E-state index in [0.717, 1.165) is 29.8 Å². The molecule has 2 N–H and O–H groups in total. The zero-order valence-electron chi connectivity index (χ0n) is 15.9. The number of anilines is 1. The minimum atomic E-state index is -0.159. The van der Waals surface area contributed by atoms with Crippen LogP contribution in [0.5, 0.6) is 0 Å². The number of benzene rings is 1. The highest BCUT2D eigenvalue weighted by atomic mass is 16.2. The van der Waals surface area contributed by atoms with Crippen molar-refractivity contribution in [2.24, 2.45) is 5.92 Å². The van der Waals surface area contributed by atoms with Crippen molar-refractivity contribution < 1.29 is 9.59 Å². The Bertz CT molecular complexity index is 770. The molecule has 3 amide bonds. The van der Waals surface area contributed by atoms with Crippen LogP contribution in [0.15, 0.2) is 36.5 Å². The summed E-state index contributed by atoms with van der Waals surface area (Å²) >= 11 is 0. The number of aromatic nitrogens is 2. The number of amides is 3. The zero-order chi connectivity index (χ0) is 19.2. The second kappa shape index (κ2) is 8.70. The number of carbonyl (C=O) groups excluding carboxylic acids is 2. The second-order valence-corrected chi connectivity index (χ2v) is 6.78. The Hall–Kier alpha value is -2.83. The maximum Gasteiger partial charge on any atom is 0.321 e. The summed E-state index contributed by atoms with van der Waals surface area (Å²) in [5.41, 5.74) is 2.58. The summed E-state index contributed by atoms with van der Waals surface area (Å²) in [5, 5.41) is 9.84. The summed E-state index contributed by atoms with van der Waals surface area (Å²) in [4.78, 5) is 28.9. The Morgan fingerprint density at radius 2 is 2.11 bits per heavy atom. The van der Waals surface area contributed by atoms with Crippen molar-refractivity contribution in [2.45, 2.75) is 26.7 Å². The number of urea groups is 1. The first-order valence-corrected chi connectivity index (χ1v) is 9.56. The summed E-state index contributed by atoms with van der Waals surface area (Å²) in [5.74, 6) is 0.0412. The number of aromatic amines is 1. The first-order valence-electron chi connectivity index (χ1n) is 9.56. The molecular weight excluding hydrogens is 342 g/mol. The van der Waals surface area contributed by atoms with Crippen LogP contribution in [0.25, 0.3) is 11.3 Å². The Kier molecular flexibility index (Phi) is 6.11. The van der Waals surface area contributed by atoms with Gasteiger partial charge in [-0.1, -0.05) is 12.1 Å². The van der Waals surface area contributed by atoms with E-state index in [-0.39, 0.29) is 17.9 Å². The highest BCUT2D eigenvalue weighted by molar-refractivity contribution is 5.90. The molecule has 1 aromatic carbocycles. The van der Waals surface area contributed by atoms with Gasteiger partial charge in [0.15, 0.2) is 0 Å². The Morgan fingerprint density at radius 3 is 2.81 bits per heavy atom. The van der Waals surface area contributed by atoms with Gasteiger partial charge in [-0.2, -0.15) is 5.10 Å². The lowest BCUT2D eigenvalue weighted by Gasteiger charge is -2.34. The lowest BCUT2D eigenvalue weighted by Crippen LogP contribution is -2.47. The quantitative estimate of drug-likeness (QED) is 0.849. The molecule has 7 nitrogen and oxygen atoms in total. The number of nitrogens with one attached hydrogen (secondary N) is 2. The van der Waals surface area contributed by atoms with E-state index in [9.17, 15) is 9.59 Å². The molecule has 1 aliphatic heterocycles. The largest absolute Gasteiger partial charge is 0.343 e. The van der Waals surface area contributed by atoms with E-state index in [4.69, 9.17) is 0 Å². The molecule has 0 saturated carbocycles. The lowest BCUT2D eigenvalue weighted by atomic mass is 9.96. The molecule has 3 rings (SSSR count). The van der Waals surface area contributed by atoms with Crippen LogP contribution in [-0.2, 0) is 4.79 Å². The fraction of sp³-hybridized carbons (Fsp3) is 0.450. The van der Waals surface area contributed by atoms with Gasteiger partial charge in [0.05, 0.1) is 11.6 Å². The van der Waals surface area contributed by atoms with Gasteiger partial charge in [0.1, 0.15) is 0 Å². The molecule has 0 radical (unpaired) electrons. The van der Waals surface area contributed by atoms with Crippen molar-refractivity contribution in [3.8, 4) is 11.3 Å². The maximum absolute atomic E-state index is 12.7. The van der Waals surface area contributed by atoms with Gasteiger partial charge in [-0.3, -0.25) is 9.89 Å². The molecule has 1 fully saturated rings. The summed E-state index contributed by atoms with van der Waals surface area (Å²) in [6.07, 6.45) is 3.38. The van der Waals surface area contributed by atoms with Gasteiger partial charge < -0.3 is 15.1 Å². The number of hydrogen-bond acceptors (Lipinski definition) is 3. The number of rotatable bonds is 5. The Balaban J connectivity index is 1.64. The molecule has 144 valence electrons. The van der Waals surface area contributed by atoms with Crippen LogP contribution in [0.2, 0.25) is 0 Å². The minimum absolute atomic E-state index is 0.110. The highest BCUT2D eigenvalue weighted by Gasteiger charge is 2.30. The fourth-order valence-corrected chi connectivity index (χ4v) is 3.54. The van der Waals surface area contributed by atoms with Crippen LogP contribution >= 0.6 is 0 Å². The number of carbonyl (C=O) groups is 2. The van der Waals surface area contributed by atoms with Gasteiger partial charge in [0, 0.05) is 43.6 Å². The third-order valence-corrected chi connectivity index (χ3v) is 5.06. The lowest BCUT2D eigenvalue weighted by molar-refractivity contribution is -0.136. The van der Waals surface area contributed by atoms with Gasteiger partial charge >= 0.3 is 6.03 Å². The molecule has 1 saturated heterocycles. The molecule has 7 heteroatoms. The van der Waals surface area contributed by atoms with E-state index in [1.807, 2.05) is 49.1 Å². The topological polar surface area (TPSA) is 81.3 Å². The van der Waals surface area contributed by atoms with Crippen molar-refractivity contribution in [1.82, 2.24) is 20.0 Å². The maximum atomic E-state index is 12.7. The number of piperidine rings is 1. The Labute approximate surface area is 159 Å². The first-order chi connectivity index (χ1) is 13.1. The van der Waals surface area contributed by atoms with Gasteiger partial charge in [-0.15, -0.1) is 0 Å². The molecule has 1 atom stereocenters. The average molecular weight is 369 g/mol. The van der Waals surface area contributed by atoms with Gasteiger partial charge in [-0.25, -0.2) is 4.79 Å². The van der Waals surface area contributed by atoms with E-state index < -0.39 is 0 Å². The van der Waals surface area contributed by atoms with Crippen LogP contribution in [0.4, 0.5) is 10.5 Å². The van der Waals surface area contributed by atoms with E-state index in [1.54, 1.807) is 11.1 Å². The monoisotopic (exact) mass is 369 g/mol. The summed E-state index contributed by atoms with van der Waals surface area (Å²) in [6.45, 7) is 6.54. The smallest absolute Gasteiger partial charge is 0.321 e. The molecule has 2 aromatic rings. The number of nitrogens with zero attached hydrogens (tertiary/aromatic N) is 3. The van der Waals surface area contributed by atoms with Crippen molar-refractivity contribution in [2.75, 3.05) is 31.5 Å². The number of H-pyrrole nitrogens is 1. The van der Waals surface area contributed by atoms with Crippen molar-refractivity contribution in [3.63, 3.8) is 0 Å². The van der Waals surface area contributed by atoms with Crippen LogP contribution < -0.4 is 5.32 Å². The standard InChI is InChI=1S/C20H27N5O2/c1-3-24(4-2)19(26)16-8-6-12-25(14-16)20(27)22-17-9-5-7-15(13-17)18-10-11-21-23-18/h5,7,9-11,13,16H,3-4,6,8,12,14H2,1-2H3,(H,21,23)(H,22,27)/t16-/m1/s1. The number of hydrogen-bond donors (Lipinski definition) is 2. The van der Waals surface area contributed by atoms with Crippen molar-refractivity contribution in [1.29, 1.82) is 0 Å². The molecule has 2 heterocycles. The highest BCUT2D eigenvalue weighted by Crippen LogP contribution is 2.22. The van der Waals surface area contributed by atoms with Crippen LogP contribution in [-0.4, -0.2) is 58.1 Å². The molecule has 1 aromatic heterocycles. The molecule has 1 aliphatic rings. The molecule has 27 heavy (non-hydrogen) atoms. The normalized spacial score (nSPS) is 16.8. The fourth-order valence-electron chi connectivity index (χ4n) is 3.54. The van der Waals surface area contributed by atoms with Gasteiger partial charge in [0.2, 0.25) is 5.91 Å². The molecular formula is C20H27N5O2.